The van der Waals surface area contributed by atoms with Crippen molar-refractivity contribution in [2.45, 2.75) is 57.3 Å². The lowest BCUT2D eigenvalue weighted by Crippen LogP contribution is -2.71. The number of rotatable bonds is 3. The van der Waals surface area contributed by atoms with Crippen molar-refractivity contribution >= 4 is 17.7 Å². The average Bonchev–Trinajstić information content (AvgIpc) is 3.15. The zero-order valence-corrected chi connectivity index (χ0v) is 17.1. The lowest BCUT2D eigenvalue weighted by atomic mass is 9.42. The molecule has 4 aliphatic rings. The summed E-state index contributed by atoms with van der Waals surface area (Å²) in [4.78, 5) is 38.5. The number of fused-ring (bicyclic) bond motifs is 3. The molecule has 1 aromatic heterocycles. The van der Waals surface area contributed by atoms with E-state index in [-0.39, 0.29) is 6.61 Å². The number of hydrogen-bond donors (Lipinski definition) is 1. The first kappa shape index (κ1) is 19.8. The van der Waals surface area contributed by atoms with Gasteiger partial charge in [-0.2, -0.15) is 0 Å². The van der Waals surface area contributed by atoms with Gasteiger partial charge in [-0.15, -0.1) is 0 Å². The van der Waals surface area contributed by atoms with E-state index in [1.165, 1.54) is 13.2 Å². The van der Waals surface area contributed by atoms with Gasteiger partial charge in [-0.3, -0.25) is 14.4 Å². The van der Waals surface area contributed by atoms with Crippen LogP contribution in [0.4, 0.5) is 0 Å². The molecule has 1 aromatic rings. The SMILES string of the molecule is CC(=O)OC[C@@]12[C@H](CCC[C@]13CO3)[C@@]1(C[C@@H](c3ccoc3)OC1=O)[C@H](C)C(=O)[C@@H]2O. The molecule has 7 atom stereocenters. The molecule has 2 saturated carbocycles. The van der Waals surface area contributed by atoms with Gasteiger partial charge < -0.3 is 23.7 Å². The number of carbonyl (C=O) groups excluding carboxylic acids is 3. The summed E-state index contributed by atoms with van der Waals surface area (Å²) in [7, 11) is 0. The zero-order chi connectivity index (χ0) is 21.3. The van der Waals surface area contributed by atoms with Crippen molar-refractivity contribution < 1.29 is 38.1 Å². The predicted molar refractivity (Wildman–Crippen MR) is 99.9 cm³/mol. The molecule has 5 rings (SSSR count). The van der Waals surface area contributed by atoms with Crippen LogP contribution < -0.4 is 0 Å². The fourth-order valence-corrected chi connectivity index (χ4v) is 6.59. The van der Waals surface area contributed by atoms with Gasteiger partial charge >= 0.3 is 11.9 Å². The maximum absolute atomic E-state index is 13.5. The van der Waals surface area contributed by atoms with Crippen molar-refractivity contribution in [3.63, 3.8) is 0 Å². The first-order chi connectivity index (χ1) is 14.3. The van der Waals surface area contributed by atoms with E-state index >= 15 is 0 Å². The topological polar surface area (TPSA) is 116 Å². The van der Waals surface area contributed by atoms with Crippen LogP contribution in [0, 0.1) is 22.7 Å². The van der Waals surface area contributed by atoms with E-state index in [1.807, 2.05) is 0 Å². The maximum Gasteiger partial charge on any atom is 0.313 e. The Balaban J connectivity index is 1.64. The molecular formula is C22H26O8. The molecule has 0 unspecified atom stereocenters. The maximum atomic E-state index is 13.5. The molecule has 8 heteroatoms. The molecule has 2 spiro atoms. The number of epoxide rings is 1. The van der Waals surface area contributed by atoms with Crippen molar-refractivity contribution in [3.8, 4) is 0 Å². The first-order valence-corrected chi connectivity index (χ1v) is 10.5. The van der Waals surface area contributed by atoms with Gasteiger partial charge in [0.1, 0.15) is 24.4 Å². The number of cyclic esters (lactones) is 1. The van der Waals surface area contributed by atoms with Crippen LogP contribution in [0.3, 0.4) is 0 Å². The van der Waals surface area contributed by atoms with Crippen molar-refractivity contribution in [2.24, 2.45) is 22.7 Å². The summed E-state index contributed by atoms with van der Waals surface area (Å²) in [6.07, 6.45) is 3.55. The molecule has 8 nitrogen and oxygen atoms in total. The Morgan fingerprint density at radius 1 is 1.37 bits per heavy atom. The minimum atomic E-state index is -1.37. The number of aliphatic hydroxyl groups excluding tert-OH is 1. The summed E-state index contributed by atoms with van der Waals surface area (Å²) >= 11 is 0. The van der Waals surface area contributed by atoms with Gasteiger partial charge in [-0.05, 0) is 24.8 Å². The monoisotopic (exact) mass is 418 g/mol. The molecule has 3 heterocycles. The fourth-order valence-electron chi connectivity index (χ4n) is 6.59. The van der Waals surface area contributed by atoms with Crippen LogP contribution in [0.15, 0.2) is 23.0 Å². The Bertz CT molecular complexity index is 887. The third kappa shape index (κ3) is 2.32. The molecule has 0 radical (unpaired) electrons. The molecule has 2 saturated heterocycles. The van der Waals surface area contributed by atoms with Gasteiger partial charge in [-0.25, -0.2) is 0 Å². The van der Waals surface area contributed by atoms with E-state index in [1.54, 1.807) is 19.3 Å². The predicted octanol–water partition coefficient (Wildman–Crippen LogP) is 1.95. The van der Waals surface area contributed by atoms with Crippen molar-refractivity contribution in [2.75, 3.05) is 13.2 Å². The van der Waals surface area contributed by atoms with Crippen LogP contribution in [0.2, 0.25) is 0 Å². The third-order valence-corrected chi connectivity index (χ3v) is 8.20. The van der Waals surface area contributed by atoms with Gasteiger partial charge in [0, 0.05) is 24.8 Å². The summed E-state index contributed by atoms with van der Waals surface area (Å²) < 4.78 is 22.2. The van der Waals surface area contributed by atoms with Gasteiger partial charge in [0.15, 0.2) is 5.78 Å². The molecular weight excluding hydrogens is 392 g/mol. The molecule has 30 heavy (non-hydrogen) atoms. The molecule has 0 bridgehead atoms. The summed E-state index contributed by atoms with van der Waals surface area (Å²) in [5.74, 6) is -2.48. The molecule has 2 aliphatic heterocycles. The number of furan rings is 1. The Morgan fingerprint density at radius 3 is 2.77 bits per heavy atom. The van der Waals surface area contributed by atoms with Crippen molar-refractivity contribution in [1.29, 1.82) is 0 Å². The minimum Gasteiger partial charge on any atom is -0.472 e. The van der Waals surface area contributed by atoms with Gasteiger partial charge in [0.05, 0.1) is 30.0 Å². The molecule has 2 aliphatic carbocycles. The number of aliphatic hydroxyl groups is 1. The van der Waals surface area contributed by atoms with Gasteiger partial charge in [0.25, 0.3) is 0 Å². The van der Waals surface area contributed by atoms with Crippen LogP contribution >= 0.6 is 0 Å². The molecule has 0 amide bonds. The van der Waals surface area contributed by atoms with Crippen molar-refractivity contribution in [1.82, 2.24) is 0 Å². The number of ketones is 1. The van der Waals surface area contributed by atoms with E-state index in [4.69, 9.17) is 18.6 Å². The second-order valence-corrected chi connectivity index (χ2v) is 9.27. The van der Waals surface area contributed by atoms with Crippen LogP contribution in [0.1, 0.15) is 51.2 Å². The van der Waals surface area contributed by atoms with Gasteiger partial charge in [-0.1, -0.05) is 13.3 Å². The Labute approximate surface area is 173 Å². The second-order valence-electron chi connectivity index (χ2n) is 9.27. The Hall–Kier alpha value is -2.19. The number of carbonyl (C=O) groups is 3. The number of hydrogen-bond acceptors (Lipinski definition) is 8. The Kier molecular flexibility index (Phi) is 4.22. The lowest BCUT2D eigenvalue weighted by molar-refractivity contribution is -0.215. The van der Waals surface area contributed by atoms with Crippen LogP contribution in [-0.2, 0) is 28.6 Å². The number of ether oxygens (including phenoxy) is 3. The average molecular weight is 418 g/mol. The summed E-state index contributed by atoms with van der Waals surface area (Å²) in [5.41, 5.74) is -2.30. The minimum absolute atomic E-state index is 0.155. The number of esters is 2. The van der Waals surface area contributed by atoms with E-state index in [0.29, 0.717) is 25.9 Å². The highest BCUT2D eigenvalue weighted by Crippen LogP contribution is 2.70. The van der Waals surface area contributed by atoms with Crippen LogP contribution in [0.5, 0.6) is 0 Å². The highest BCUT2D eigenvalue weighted by atomic mass is 16.6. The zero-order valence-electron chi connectivity index (χ0n) is 17.1. The molecule has 1 N–H and O–H groups in total. The molecule has 162 valence electrons. The largest absolute Gasteiger partial charge is 0.472 e. The van der Waals surface area contributed by atoms with Crippen LogP contribution in [-0.4, -0.2) is 47.7 Å². The molecule has 0 aromatic carbocycles. The van der Waals surface area contributed by atoms with E-state index in [2.05, 4.69) is 0 Å². The van der Waals surface area contributed by atoms with E-state index < -0.39 is 58.2 Å². The number of Topliss-reactive ketones (excluding diaryl/α,β-unsaturated/α-hetero) is 1. The quantitative estimate of drug-likeness (QED) is 0.585. The lowest BCUT2D eigenvalue weighted by Gasteiger charge is -2.59. The highest BCUT2D eigenvalue weighted by molar-refractivity contribution is 5.95. The standard InChI is InChI=1S/C22H26O8/c1-12-17(24)18(25)22(11-28-13(2)23)16(4-3-6-20(22)10-29-20)21(12)8-15(30-19(21)26)14-5-7-27-9-14/h5,7,9,12,15-16,18,25H,3-4,6,8,10-11H2,1-2H3/t12-,15+,16-,18+,20+,21-,22+/m1/s1. The van der Waals surface area contributed by atoms with Gasteiger partial charge in [0.2, 0.25) is 0 Å². The van der Waals surface area contributed by atoms with E-state index in [9.17, 15) is 19.5 Å². The summed E-state index contributed by atoms with van der Waals surface area (Å²) in [6.45, 7) is 3.22. The summed E-state index contributed by atoms with van der Waals surface area (Å²) in [5, 5.41) is 11.3. The molecule has 4 fully saturated rings. The third-order valence-electron chi connectivity index (χ3n) is 8.20. The Morgan fingerprint density at radius 2 is 2.13 bits per heavy atom. The normalized spacial score (nSPS) is 44.8. The smallest absolute Gasteiger partial charge is 0.313 e. The van der Waals surface area contributed by atoms with Crippen molar-refractivity contribution in [3.05, 3.63) is 24.2 Å². The van der Waals surface area contributed by atoms with Crippen LogP contribution in [0.25, 0.3) is 0 Å². The summed E-state index contributed by atoms with van der Waals surface area (Å²) in [6, 6.07) is 1.75. The van der Waals surface area contributed by atoms with E-state index in [0.717, 1.165) is 12.0 Å². The fraction of sp³-hybridized carbons (Fsp3) is 0.682. The second kappa shape index (κ2) is 6.40. The first-order valence-electron chi connectivity index (χ1n) is 10.5. The highest BCUT2D eigenvalue weighted by Gasteiger charge is 2.79.